The van der Waals surface area contributed by atoms with Crippen molar-refractivity contribution in [1.82, 2.24) is 0 Å². The van der Waals surface area contributed by atoms with Gasteiger partial charge in [-0.2, -0.15) is 0 Å². The predicted octanol–water partition coefficient (Wildman–Crippen LogP) is 11.7. The number of phosphoric acid groups is 1. The molecule has 0 saturated heterocycles. The molecule has 0 rings (SSSR count). The number of carbonyl (C=O) groups excluding carboxylic acids is 2. The van der Waals surface area contributed by atoms with E-state index in [1.54, 1.807) is 0 Å². The van der Waals surface area contributed by atoms with Crippen LogP contribution in [0.15, 0.2) is 36.5 Å². The van der Waals surface area contributed by atoms with Crippen molar-refractivity contribution in [2.24, 2.45) is 0 Å². The van der Waals surface area contributed by atoms with Crippen molar-refractivity contribution in [2.75, 3.05) is 47.5 Å². The van der Waals surface area contributed by atoms with E-state index in [0.717, 1.165) is 70.6 Å². The van der Waals surface area contributed by atoms with Gasteiger partial charge in [0.05, 0.1) is 27.7 Å². The Bertz CT molecular complexity index is 1010. The topological polar surface area (TPSA) is 108 Å². The highest BCUT2D eigenvalue weighted by atomic mass is 31.2. The Kier molecular flexibility index (Phi) is 34.7. The molecule has 0 saturated carbocycles. The van der Waals surface area contributed by atoms with Gasteiger partial charge in [-0.15, -0.1) is 0 Å². The van der Waals surface area contributed by atoms with Crippen LogP contribution >= 0.6 is 7.82 Å². The van der Waals surface area contributed by atoms with Gasteiger partial charge in [-0.1, -0.05) is 153 Å². The lowest BCUT2D eigenvalue weighted by Crippen LogP contribution is -2.37. The SMILES string of the molecule is CC/C=C/C/C=C/C/C=C/CCCCCCCC(=O)O[C@H](COC(=O)CCCCCCCCCCCCCCCC)COP(=O)(O)OCC[N+](C)(C)C. The summed E-state index contributed by atoms with van der Waals surface area (Å²) in [4.78, 5) is 35.3. The molecule has 0 aromatic heterocycles. The first-order valence-electron chi connectivity index (χ1n) is 21.2. The molecule has 1 N–H and O–H groups in total. The van der Waals surface area contributed by atoms with Crippen LogP contribution in [-0.2, 0) is 32.7 Å². The summed E-state index contributed by atoms with van der Waals surface area (Å²) in [6.07, 6.45) is 39.0. The molecule has 0 spiro atoms. The van der Waals surface area contributed by atoms with Gasteiger partial charge in [-0.25, -0.2) is 4.57 Å². The van der Waals surface area contributed by atoms with Crippen LogP contribution in [0.2, 0.25) is 0 Å². The molecule has 310 valence electrons. The Labute approximate surface area is 325 Å². The van der Waals surface area contributed by atoms with Gasteiger partial charge in [0.2, 0.25) is 0 Å². The van der Waals surface area contributed by atoms with E-state index in [2.05, 4.69) is 50.3 Å². The van der Waals surface area contributed by atoms with Gasteiger partial charge in [0.15, 0.2) is 6.10 Å². The van der Waals surface area contributed by atoms with Gasteiger partial charge < -0.3 is 18.9 Å². The van der Waals surface area contributed by atoms with Crippen molar-refractivity contribution in [1.29, 1.82) is 0 Å². The number of phosphoric ester groups is 1. The third-order valence-corrected chi connectivity index (χ3v) is 9.92. The Hall–Kier alpha value is -1.77. The number of hydrogen-bond donors (Lipinski definition) is 1. The third-order valence-electron chi connectivity index (χ3n) is 8.93. The van der Waals surface area contributed by atoms with Crippen LogP contribution in [0, 0.1) is 0 Å². The average Bonchev–Trinajstić information content (AvgIpc) is 3.10. The lowest BCUT2D eigenvalue weighted by atomic mass is 10.0. The first-order valence-corrected chi connectivity index (χ1v) is 22.7. The quantitative estimate of drug-likeness (QED) is 0.0217. The average molecular weight is 771 g/mol. The molecule has 0 fully saturated rings. The second-order valence-corrected chi connectivity index (χ2v) is 16.8. The third kappa shape index (κ3) is 39.7. The minimum atomic E-state index is -4.37. The van der Waals surface area contributed by atoms with Crippen molar-refractivity contribution in [3.8, 4) is 0 Å². The minimum absolute atomic E-state index is 0.0285. The number of rotatable bonds is 38. The van der Waals surface area contributed by atoms with Crippen molar-refractivity contribution in [3.63, 3.8) is 0 Å². The zero-order chi connectivity index (χ0) is 39.3. The van der Waals surface area contributed by atoms with E-state index >= 15 is 0 Å². The number of ether oxygens (including phenoxy) is 2. The van der Waals surface area contributed by atoms with Gasteiger partial charge in [-0.05, 0) is 44.9 Å². The van der Waals surface area contributed by atoms with Gasteiger partial charge in [0, 0.05) is 12.8 Å². The van der Waals surface area contributed by atoms with Crippen LogP contribution in [-0.4, -0.2) is 74.9 Å². The fourth-order valence-corrected chi connectivity index (χ4v) is 6.36. The Morgan fingerprint density at radius 3 is 1.60 bits per heavy atom. The monoisotopic (exact) mass is 771 g/mol. The van der Waals surface area contributed by atoms with Crippen molar-refractivity contribution in [2.45, 2.75) is 180 Å². The minimum Gasteiger partial charge on any atom is -0.462 e. The molecule has 10 heteroatoms. The number of unbranched alkanes of at least 4 members (excludes halogenated alkanes) is 18. The Morgan fingerprint density at radius 2 is 1.08 bits per heavy atom. The molecule has 0 aromatic carbocycles. The molecule has 53 heavy (non-hydrogen) atoms. The second kappa shape index (κ2) is 35.9. The fraction of sp³-hybridized carbons (Fsp3) is 0.814. The second-order valence-electron chi connectivity index (χ2n) is 15.4. The summed E-state index contributed by atoms with van der Waals surface area (Å²) in [5.41, 5.74) is 0. The summed E-state index contributed by atoms with van der Waals surface area (Å²) in [5.74, 6) is -0.816. The molecule has 0 aliphatic carbocycles. The van der Waals surface area contributed by atoms with Crippen LogP contribution in [0.1, 0.15) is 174 Å². The molecular weight excluding hydrogens is 689 g/mol. The van der Waals surface area contributed by atoms with Crippen LogP contribution in [0.5, 0.6) is 0 Å². The number of hydrogen-bond acceptors (Lipinski definition) is 7. The highest BCUT2D eigenvalue weighted by Crippen LogP contribution is 2.43. The Balaban J connectivity index is 4.40. The molecule has 0 heterocycles. The molecule has 0 aliphatic heterocycles. The number of esters is 2. The van der Waals surface area contributed by atoms with E-state index in [4.69, 9.17) is 18.5 Å². The van der Waals surface area contributed by atoms with E-state index in [1.165, 1.54) is 70.6 Å². The summed E-state index contributed by atoms with van der Waals surface area (Å²) < 4.78 is 34.2. The summed E-state index contributed by atoms with van der Waals surface area (Å²) in [6, 6.07) is 0. The molecule has 0 aromatic rings. The molecule has 0 aliphatic rings. The molecule has 2 atom stereocenters. The normalized spacial score (nSPS) is 14.0. The van der Waals surface area contributed by atoms with Crippen LogP contribution in [0.4, 0.5) is 0 Å². The number of nitrogens with zero attached hydrogens (tertiary/aromatic N) is 1. The van der Waals surface area contributed by atoms with Gasteiger partial charge >= 0.3 is 19.8 Å². The maximum Gasteiger partial charge on any atom is 0.472 e. The van der Waals surface area contributed by atoms with Crippen molar-refractivity contribution >= 4 is 19.8 Å². The molecule has 0 radical (unpaired) electrons. The number of carbonyl (C=O) groups is 2. The first kappa shape index (κ1) is 51.2. The molecule has 0 amide bonds. The van der Waals surface area contributed by atoms with Gasteiger partial charge in [0.1, 0.15) is 19.8 Å². The zero-order valence-electron chi connectivity index (χ0n) is 34.7. The summed E-state index contributed by atoms with van der Waals surface area (Å²) in [5, 5.41) is 0. The molecule has 9 nitrogen and oxygen atoms in total. The maximum absolute atomic E-state index is 12.7. The lowest BCUT2D eigenvalue weighted by Gasteiger charge is -2.24. The van der Waals surface area contributed by atoms with Crippen molar-refractivity contribution < 1.29 is 42.1 Å². The van der Waals surface area contributed by atoms with Crippen molar-refractivity contribution in [3.05, 3.63) is 36.5 Å². The van der Waals surface area contributed by atoms with E-state index in [1.807, 2.05) is 21.1 Å². The number of likely N-dealkylation sites (N-methyl/N-ethyl adjacent to an activating group) is 1. The van der Waals surface area contributed by atoms with Crippen LogP contribution < -0.4 is 0 Å². The summed E-state index contributed by atoms with van der Waals surface area (Å²) >= 11 is 0. The number of allylic oxidation sites excluding steroid dienone is 6. The van der Waals surface area contributed by atoms with E-state index in [0.29, 0.717) is 17.4 Å². The van der Waals surface area contributed by atoms with E-state index in [9.17, 15) is 19.0 Å². The summed E-state index contributed by atoms with van der Waals surface area (Å²) in [7, 11) is 1.46. The van der Waals surface area contributed by atoms with E-state index < -0.39 is 26.5 Å². The first-order chi connectivity index (χ1) is 25.5. The van der Waals surface area contributed by atoms with Crippen LogP contribution in [0.3, 0.4) is 0 Å². The smallest absolute Gasteiger partial charge is 0.462 e. The zero-order valence-corrected chi connectivity index (χ0v) is 35.6. The number of quaternary nitrogens is 1. The standard InChI is InChI=1S/C43H80NO8P/c1-6-8-10-12-14-16-18-20-22-24-26-28-30-32-34-36-43(46)52-41(40-51-53(47,48)50-38-37-44(3,4)5)39-49-42(45)35-33-31-29-27-25-23-21-19-17-15-13-11-9-7-2/h8,10,14,16,20,22,41H,6-7,9,11-13,15,17-19,21,23-40H2,1-5H3/p+1/b10-8+,16-14+,22-20+/t41-/m1/s1. The molecule has 0 bridgehead atoms. The Morgan fingerprint density at radius 1 is 0.604 bits per heavy atom. The van der Waals surface area contributed by atoms with Crippen LogP contribution in [0.25, 0.3) is 0 Å². The lowest BCUT2D eigenvalue weighted by molar-refractivity contribution is -0.870. The molecule has 1 unspecified atom stereocenters. The fourth-order valence-electron chi connectivity index (χ4n) is 5.62. The highest BCUT2D eigenvalue weighted by molar-refractivity contribution is 7.47. The largest absolute Gasteiger partial charge is 0.472 e. The summed E-state index contributed by atoms with van der Waals surface area (Å²) in [6.45, 7) is 4.29. The maximum atomic E-state index is 12.7. The molecular formula is C43H81NO8P+. The predicted molar refractivity (Wildman–Crippen MR) is 220 cm³/mol. The van der Waals surface area contributed by atoms with E-state index in [-0.39, 0.29) is 32.0 Å². The van der Waals surface area contributed by atoms with Gasteiger partial charge in [-0.3, -0.25) is 18.6 Å². The highest BCUT2D eigenvalue weighted by Gasteiger charge is 2.27. The van der Waals surface area contributed by atoms with Gasteiger partial charge in [0.25, 0.3) is 0 Å².